The number of rotatable bonds is 3. The molecule has 1 saturated carbocycles. The topological polar surface area (TPSA) is 51.0 Å². The Kier molecular flexibility index (Phi) is 4.16. The number of nitrogens with one attached hydrogen (secondary N) is 1. The molecule has 2 unspecified atom stereocenters. The molecule has 2 fully saturated rings. The summed E-state index contributed by atoms with van der Waals surface area (Å²) in [5.41, 5.74) is 0. The third-order valence-electron chi connectivity index (χ3n) is 4.83. The average molecular weight is 263 g/mol. The van der Waals surface area contributed by atoms with E-state index in [4.69, 9.17) is 9.51 Å². The Balaban J connectivity index is 1.66. The highest BCUT2D eigenvalue weighted by molar-refractivity contribution is 5.02. The third kappa shape index (κ3) is 2.99. The fraction of sp³-hybridized carbons (Fsp3) is 0.867. The first-order chi connectivity index (χ1) is 9.36. The summed E-state index contributed by atoms with van der Waals surface area (Å²) in [6.45, 7) is 4.41. The van der Waals surface area contributed by atoms with Gasteiger partial charge in [-0.2, -0.15) is 4.98 Å². The van der Waals surface area contributed by atoms with E-state index in [0.717, 1.165) is 30.7 Å². The largest absolute Gasteiger partial charge is 0.339 e. The Labute approximate surface area is 115 Å². The Morgan fingerprint density at radius 1 is 1.21 bits per heavy atom. The molecule has 0 spiro atoms. The van der Waals surface area contributed by atoms with Gasteiger partial charge in [0.1, 0.15) is 0 Å². The number of hydrogen-bond acceptors (Lipinski definition) is 4. The summed E-state index contributed by atoms with van der Waals surface area (Å²) >= 11 is 0. The SMILES string of the molecule is CCC1CCCC(c2noc([C@@H]3CCCNC3)n2)C1. The van der Waals surface area contributed by atoms with E-state index < -0.39 is 0 Å². The summed E-state index contributed by atoms with van der Waals surface area (Å²) in [7, 11) is 0. The Bertz CT molecular complexity index is 398. The van der Waals surface area contributed by atoms with Crippen molar-refractivity contribution in [2.75, 3.05) is 13.1 Å². The van der Waals surface area contributed by atoms with Gasteiger partial charge in [-0.05, 0) is 38.1 Å². The van der Waals surface area contributed by atoms with Crippen LogP contribution in [0.4, 0.5) is 0 Å². The average Bonchev–Trinajstić information content (AvgIpc) is 2.98. The summed E-state index contributed by atoms with van der Waals surface area (Å²) in [4.78, 5) is 4.71. The van der Waals surface area contributed by atoms with E-state index in [9.17, 15) is 0 Å². The second-order valence-electron chi connectivity index (χ2n) is 6.17. The Morgan fingerprint density at radius 3 is 2.89 bits per heavy atom. The maximum atomic E-state index is 5.53. The molecule has 1 aliphatic heterocycles. The summed E-state index contributed by atoms with van der Waals surface area (Å²) in [5.74, 6) is 3.66. The van der Waals surface area contributed by atoms with Crippen molar-refractivity contribution in [3.05, 3.63) is 11.7 Å². The predicted molar refractivity (Wildman–Crippen MR) is 74.1 cm³/mol. The van der Waals surface area contributed by atoms with Gasteiger partial charge in [0.2, 0.25) is 5.89 Å². The highest BCUT2D eigenvalue weighted by Crippen LogP contribution is 2.36. The van der Waals surface area contributed by atoms with Gasteiger partial charge in [-0.1, -0.05) is 31.3 Å². The van der Waals surface area contributed by atoms with Crippen LogP contribution < -0.4 is 5.32 Å². The van der Waals surface area contributed by atoms with E-state index in [1.807, 2.05) is 0 Å². The first kappa shape index (κ1) is 13.1. The molecule has 2 aliphatic rings. The second-order valence-corrected chi connectivity index (χ2v) is 6.17. The van der Waals surface area contributed by atoms with Crippen molar-refractivity contribution in [2.45, 2.75) is 63.7 Å². The van der Waals surface area contributed by atoms with Gasteiger partial charge in [-0.15, -0.1) is 0 Å². The highest BCUT2D eigenvalue weighted by Gasteiger charge is 2.28. The lowest BCUT2D eigenvalue weighted by atomic mass is 9.80. The zero-order valence-corrected chi connectivity index (χ0v) is 11.9. The van der Waals surface area contributed by atoms with Crippen molar-refractivity contribution in [3.63, 3.8) is 0 Å². The lowest BCUT2D eigenvalue weighted by molar-refractivity contribution is 0.292. The lowest BCUT2D eigenvalue weighted by Gasteiger charge is -2.26. The van der Waals surface area contributed by atoms with Gasteiger partial charge in [-0.3, -0.25) is 0 Å². The molecule has 1 aliphatic carbocycles. The lowest BCUT2D eigenvalue weighted by Crippen LogP contribution is -2.28. The van der Waals surface area contributed by atoms with Crippen molar-refractivity contribution >= 4 is 0 Å². The minimum atomic E-state index is 0.431. The molecule has 4 heteroatoms. The number of aromatic nitrogens is 2. The monoisotopic (exact) mass is 263 g/mol. The van der Waals surface area contributed by atoms with Crippen LogP contribution in [0.25, 0.3) is 0 Å². The van der Waals surface area contributed by atoms with Crippen LogP contribution in [0, 0.1) is 5.92 Å². The number of piperidine rings is 1. The van der Waals surface area contributed by atoms with Gasteiger partial charge in [-0.25, -0.2) is 0 Å². The van der Waals surface area contributed by atoms with Gasteiger partial charge in [0, 0.05) is 12.5 Å². The van der Waals surface area contributed by atoms with Gasteiger partial charge < -0.3 is 9.84 Å². The normalized spacial score (nSPS) is 32.4. The van der Waals surface area contributed by atoms with Crippen LogP contribution >= 0.6 is 0 Å². The quantitative estimate of drug-likeness (QED) is 0.909. The van der Waals surface area contributed by atoms with Crippen LogP contribution in [0.1, 0.15) is 75.4 Å². The van der Waals surface area contributed by atoms with E-state index in [1.54, 1.807) is 0 Å². The standard InChI is InChI=1S/C15H25N3O/c1-2-11-5-3-6-12(9-11)14-17-15(19-18-14)13-7-4-8-16-10-13/h11-13,16H,2-10H2,1H3/t11?,12?,13-/m1/s1. The van der Waals surface area contributed by atoms with Gasteiger partial charge in [0.15, 0.2) is 5.82 Å². The molecule has 0 amide bonds. The third-order valence-corrected chi connectivity index (χ3v) is 4.83. The smallest absolute Gasteiger partial charge is 0.231 e. The van der Waals surface area contributed by atoms with Crippen molar-refractivity contribution in [1.82, 2.24) is 15.5 Å². The number of hydrogen-bond donors (Lipinski definition) is 1. The van der Waals surface area contributed by atoms with Crippen LogP contribution in [0.15, 0.2) is 4.52 Å². The molecule has 1 aromatic rings. The molecule has 1 N–H and O–H groups in total. The molecule has 19 heavy (non-hydrogen) atoms. The zero-order valence-electron chi connectivity index (χ0n) is 11.9. The van der Waals surface area contributed by atoms with Crippen LogP contribution in [0.2, 0.25) is 0 Å². The highest BCUT2D eigenvalue weighted by atomic mass is 16.5. The summed E-state index contributed by atoms with van der Waals surface area (Å²) < 4.78 is 5.53. The van der Waals surface area contributed by atoms with Crippen LogP contribution in [-0.2, 0) is 0 Å². The first-order valence-corrected chi connectivity index (χ1v) is 7.91. The van der Waals surface area contributed by atoms with E-state index in [0.29, 0.717) is 11.8 Å². The molecule has 3 atom stereocenters. The summed E-state index contributed by atoms with van der Waals surface area (Å²) in [6.07, 6.45) is 8.85. The van der Waals surface area contributed by atoms with Gasteiger partial charge in [0.05, 0.1) is 5.92 Å². The fourth-order valence-electron chi connectivity index (χ4n) is 3.54. The number of nitrogens with zero attached hydrogens (tertiary/aromatic N) is 2. The predicted octanol–water partition coefficient (Wildman–Crippen LogP) is 3.22. The molecule has 1 saturated heterocycles. The second kappa shape index (κ2) is 6.04. The minimum Gasteiger partial charge on any atom is -0.339 e. The van der Waals surface area contributed by atoms with Crippen molar-refractivity contribution in [1.29, 1.82) is 0 Å². The molecule has 4 nitrogen and oxygen atoms in total. The van der Waals surface area contributed by atoms with Crippen LogP contribution in [0.3, 0.4) is 0 Å². The zero-order chi connectivity index (χ0) is 13.1. The molecule has 1 aromatic heterocycles. The summed E-state index contributed by atoms with van der Waals surface area (Å²) in [5, 5.41) is 7.68. The molecule has 106 valence electrons. The van der Waals surface area contributed by atoms with Crippen molar-refractivity contribution < 1.29 is 4.52 Å². The molecule has 0 aromatic carbocycles. The fourth-order valence-corrected chi connectivity index (χ4v) is 3.54. The van der Waals surface area contributed by atoms with E-state index in [-0.39, 0.29) is 0 Å². The van der Waals surface area contributed by atoms with E-state index in [2.05, 4.69) is 17.4 Å². The Morgan fingerprint density at radius 2 is 2.11 bits per heavy atom. The van der Waals surface area contributed by atoms with Gasteiger partial charge >= 0.3 is 0 Å². The van der Waals surface area contributed by atoms with Crippen LogP contribution in [-0.4, -0.2) is 23.2 Å². The van der Waals surface area contributed by atoms with Gasteiger partial charge in [0.25, 0.3) is 0 Å². The molecule has 2 heterocycles. The Hall–Kier alpha value is -0.900. The minimum absolute atomic E-state index is 0.431. The molecule has 0 radical (unpaired) electrons. The van der Waals surface area contributed by atoms with E-state index in [1.165, 1.54) is 44.9 Å². The summed E-state index contributed by atoms with van der Waals surface area (Å²) in [6, 6.07) is 0. The molecule has 3 rings (SSSR count). The molecular weight excluding hydrogens is 238 g/mol. The first-order valence-electron chi connectivity index (χ1n) is 7.91. The molecule has 0 bridgehead atoms. The van der Waals surface area contributed by atoms with Crippen molar-refractivity contribution in [3.8, 4) is 0 Å². The maximum absolute atomic E-state index is 5.53. The van der Waals surface area contributed by atoms with E-state index >= 15 is 0 Å². The van der Waals surface area contributed by atoms with Crippen molar-refractivity contribution in [2.24, 2.45) is 5.92 Å². The molecular formula is C15H25N3O. The van der Waals surface area contributed by atoms with Crippen LogP contribution in [0.5, 0.6) is 0 Å². The maximum Gasteiger partial charge on any atom is 0.231 e.